The molecular weight excluding hydrogens is 305 g/mol. The highest BCUT2D eigenvalue weighted by atomic mass is 32.1. The molecule has 0 radical (unpaired) electrons. The summed E-state index contributed by atoms with van der Waals surface area (Å²) in [5.41, 5.74) is 0.692. The van der Waals surface area contributed by atoms with E-state index in [1.54, 1.807) is 5.38 Å². The fraction of sp³-hybridized carbons (Fsp3) is 0.385. The molecule has 1 atom stereocenters. The van der Waals surface area contributed by atoms with Gasteiger partial charge in [0.05, 0.1) is 10.6 Å². The van der Waals surface area contributed by atoms with E-state index in [2.05, 4.69) is 4.98 Å². The molecule has 4 nitrogen and oxygen atoms in total. The van der Waals surface area contributed by atoms with Gasteiger partial charge in [0.2, 0.25) is 0 Å². The fourth-order valence-corrected chi connectivity index (χ4v) is 2.80. The van der Waals surface area contributed by atoms with Crippen molar-refractivity contribution in [1.82, 2.24) is 9.88 Å². The molecule has 0 saturated carbocycles. The van der Waals surface area contributed by atoms with Gasteiger partial charge in [-0.2, -0.15) is 13.2 Å². The van der Waals surface area contributed by atoms with Gasteiger partial charge in [-0.25, -0.2) is 4.98 Å². The summed E-state index contributed by atoms with van der Waals surface area (Å²) in [4.78, 5) is 17.1. The zero-order chi connectivity index (χ0) is 15.2. The van der Waals surface area contributed by atoms with Crippen LogP contribution < -0.4 is 0 Å². The van der Waals surface area contributed by atoms with Crippen LogP contribution in [0.3, 0.4) is 0 Å². The largest absolute Gasteiger partial charge is 0.462 e. The lowest BCUT2D eigenvalue weighted by Gasteiger charge is -2.41. The number of halogens is 3. The van der Waals surface area contributed by atoms with Gasteiger partial charge in [0.25, 0.3) is 5.91 Å². The highest BCUT2D eigenvalue weighted by Crippen LogP contribution is 2.35. The van der Waals surface area contributed by atoms with Crippen LogP contribution in [0.4, 0.5) is 13.2 Å². The number of furan rings is 1. The Bertz CT molecular complexity index is 677. The molecule has 2 aromatic heterocycles. The summed E-state index contributed by atoms with van der Waals surface area (Å²) in [6, 6.07) is -0.257. The molecule has 8 heteroatoms. The van der Waals surface area contributed by atoms with E-state index >= 15 is 0 Å². The van der Waals surface area contributed by atoms with Crippen molar-refractivity contribution in [3.63, 3.8) is 0 Å². The van der Waals surface area contributed by atoms with Crippen LogP contribution in [0.15, 0.2) is 22.1 Å². The van der Waals surface area contributed by atoms with Crippen molar-refractivity contribution in [2.75, 3.05) is 6.54 Å². The van der Waals surface area contributed by atoms with Gasteiger partial charge in [-0.15, -0.1) is 11.3 Å². The topological polar surface area (TPSA) is 46.3 Å². The average molecular weight is 316 g/mol. The van der Waals surface area contributed by atoms with Gasteiger partial charge >= 0.3 is 6.18 Å². The van der Waals surface area contributed by atoms with Crippen LogP contribution in [0.25, 0.3) is 11.5 Å². The predicted octanol–water partition coefficient (Wildman–Crippen LogP) is 3.49. The number of nitrogens with zero attached hydrogens (tertiary/aromatic N) is 2. The molecule has 3 rings (SSSR count). The van der Waals surface area contributed by atoms with E-state index in [9.17, 15) is 18.0 Å². The first-order valence-electron chi connectivity index (χ1n) is 6.25. The molecule has 0 aromatic carbocycles. The van der Waals surface area contributed by atoms with Gasteiger partial charge in [-0.3, -0.25) is 4.79 Å². The summed E-state index contributed by atoms with van der Waals surface area (Å²) in [5.74, 6) is -0.280. The molecule has 0 aliphatic carbocycles. The minimum atomic E-state index is -4.38. The molecule has 112 valence electrons. The summed E-state index contributed by atoms with van der Waals surface area (Å²) in [6.07, 6.45) is -3.25. The van der Waals surface area contributed by atoms with Gasteiger partial charge in [-0.05, 0) is 19.4 Å². The van der Waals surface area contributed by atoms with Crippen molar-refractivity contribution >= 4 is 17.2 Å². The molecule has 2 aromatic rings. The summed E-state index contributed by atoms with van der Waals surface area (Å²) in [7, 11) is 0. The molecule has 1 saturated heterocycles. The standard InChI is InChI=1S/C13H11F3N2O2S/c1-7-17-9(6-21-7)10-4-8(5-20-10)12(19)18-3-2-11(18)13(14,15)16/h4-6,11H,2-3H2,1H3. The van der Waals surface area contributed by atoms with Crippen LogP contribution in [-0.4, -0.2) is 34.6 Å². The van der Waals surface area contributed by atoms with Crippen LogP contribution in [0.2, 0.25) is 0 Å². The normalized spacial score (nSPS) is 18.7. The van der Waals surface area contributed by atoms with Gasteiger partial charge < -0.3 is 9.32 Å². The van der Waals surface area contributed by atoms with Crippen molar-refractivity contribution in [2.24, 2.45) is 0 Å². The number of carbonyl (C=O) groups excluding carboxylic acids is 1. The number of thiazole rings is 1. The van der Waals surface area contributed by atoms with E-state index in [4.69, 9.17) is 4.42 Å². The van der Waals surface area contributed by atoms with Gasteiger partial charge in [0.1, 0.15) is 18.0 Å². The summed E-state index contributed by atoms with van der Waals surface area (Å²) in [5, 5.41) is 2.61. The first-order valence-corrected chi connectivity index (χ1v) is 7.13. The number of amides is 1. The van der Waals surface area contributed by atoms with Crippen molar-refractivity contribution in [2.45, 2.75) is 25.6 Å². The van der Waals surface area contributed by atoms with Crippen LogP contribution in [0, 0.1) is 6.92 Å². The van der Waals surface area contributed by atoms with Crippen molar-refractivity contribution in [1.29, 1.82) is 0 Å². The Morgan fingerprint density at radius 3 is 2.81 bits per heavy atom. The number of hydrogen-bond acceptors (Lipinski definition) is 4. The fourth-order valence-electron chi connectivity index (χ4n) is 2.20. The summed E-state index contributed by atoms with van der Waals surface area (Å²) >= 11 is 1.43. The van der Waals surface area contributed by atoms with E-state index in [1.807, 2.05) is 6.92 Å². The van der Waals surface area contributed by atoms with Crippen molar-refractivity contribution < 1.29 is 22.4 Å². The van der Waals surface area contributed by atoms with Crippen LogP contribution in [-0.2, 0) is 0 Å². The quantitative estimate of drug-likeness (QED) is 0.852. The number of rotatable bonds is 2. The van der Waals surface area contributed by atoms with Gasteiger partial charge in [0, 0.05) is 11.9 Å². The maximum atomic E-state index is 12.7. The lowest BCUT2D eigenvalue weighted by atomic mass is 10.0. The second-order valence-electron chi connectivity index (χ2n) is 4.80. The van der Waals surface area contributed by atoms with Crippen LogP contribution in [0.1, 0.15) is 21.8 Å². The molecule has 1 fully saturated rings. The first kappa shape index (κ1) is 14.1. The highest BCUT2D eigenvalue weighted by Gasteiger charge is 2.50. The third kappa shape index (κ3) is 2.55. The Morgan fingerprint density at radius 2 is 2.29 bits per heavy atom. The molecule has 3 heterocycles. The lowest BCUT2D eigenvalue weighted by Crippen LogP contribution is -2.58. The number of carbonyl (C=O) groups is 1. The zero-order valence-corrected chi connectivity index (χ0v) is 11.8. The SMILES string of the molecule is Cc1nc(-c2cc(C(=O)N3CCC3C(F)(F)F)co2)cs1. The molecule has 1 amide bonds. The monoisotopic (exact) mass is 316 g/mol. The van der Waals surface area contributed by atoms with Gasteiger partial charge in [0.15, 0.2) is 5.76 Å². The van der Waals surface area contributed by atoms with E-state index in [1.165, 1.54) is 23.7 Å². The third-order valence-corrected chi connectivity index (χ3v) is 4.15. The molecule has 0 spiro atoms. The Labute approximate surface area is 122 Å². The molecule has 0 N–H and O–H groups in total. The minimum absolute atomic E-state index is 0.0504. The Balaban J connectivity index is 1.79. The molecule has 21 heavy (non-hydrogen) atoms. The molecular formula is C13H11F3N2O2S. The van der Waals surface area contributed by atoms with Gasteiger partial charge in [-0.1, -0.05) is 0 Å². The van der Waals surface area contributed by atoms with E-state index in [0.717, 1.165) is 9.91 Å². The lowest BCUT2D eigenvalue weighted by molar-refractivity contribution is -0.199. The third-order valence-electron chi connectivity index (χ3n) is 3.38. The maximum absolute atomic E-state index is 12.7. The number of aromatic nitrogens is 1. The minimum Gasteiger partial charge on any atom is -0.462 e. The summed E-state index contributed by atoms with van der Waals surface area (Å²) < 4.78 is 43.3. The number of hydrogen-bond donors (Lipinski definition) is 0. The van der Waals surface area contributed by atoms with Crippen molar-refractivity contribution in [3.8, 4) is 11.5 Å². The van der Waals surface area contributed by atoms with E-state index < -0.39 is 18.1 Å². The summed E-state index contributed by atoms with van der Waals surface area (Å²) in [6.45, 7) is 1.94. The molecule has 1 aliphatic heterocycles. The zero-order valence-electron chi connectivity index (χ0n) is 11.0. The number of alkyl halides is 3. The predicted molar refractivity (Wildman–Crippen MR) is 70.0 cm³/mol. The molecule has 1 unspecified atom stereocenters. The average Bonchev–Trinajstić information content (AvgIpc) is 2.92. The van der Waals surface area contributed by atoms with Crippen LogP contribution in [0.5, 0.6) is 0 Å². The molecule has 0 bridgehead atoms. The smallest absolute Gasteiger partial charge is 0.408 e. The number of aryl methyl sites for hydroxylation is 1. The van der Waals surface area contributed by atoms with Crippen LogP contribution >= 0.6 is 11.3 Å². The molecule has 1 aliphatic rings. The van der Waals surface area contributed by atoms with Crippen molar-refractivity contribution in [3.05, 3.63) is 28.3 Å². The second kappa shape index (κ2) is 4.87. The second-order valence-corrected chi connectivity index (χ2v) is 5.86. The van der Waals surface area contributed by atoms with E-state index in [0.29, 0.717) is 11.5 Å². The first-order chi connectivity index (χ1) is 9.86. The highest BCUT2D eigenvalue weighted by molar-refractivity contribution is 7.09. The Morgan fingerprint density at radius 1 is 1.52 bits per heavy atom. The maximum Gasteiger partial charge on any atom is 0.408 e. The van der Waals surface area contributed by atoms with E-state index in [-0.39, 0.29) is 18.5 Å². The number of likely N-dealkylation sites (tertiary alicyclic amines) is 1. The Kier molecular flexibility index (Phi) is 3.27. The Hall–Kier alpha value is -1.83.